The van der Waals surface area contributed by atoms with E-state index in [0.29, 0.717) is 0 Å². The van der Waals surface area contributed by atoms with E-state index in [0.717, 1.165) is 0 Å². The highest BCUT2D eigenvalue weighted by atomic mass is 16.6. The lowest BCUT2D eigenvalue weighted by molar-refractivity contribution is -0.272. The Kier molecular flexibility index (Phi) is 3.93. The fourth-order valence-corrected chi connectivity index (χ4v) is 1.64. The van der Waals surface area contributed by atoms with Crippen molar-refractivity contribution in [1.82, 2.24) is 0 Å². The lowest BCUT2D eigenvalue weighted by Gasteiger charge is -2.42. The zero-order chi connectivity index (χ0) is 12.5. The third kappa shape index (κ3) is 2.93. The van der Waals surface area contributed by atoms with Gasteiger partial charge in [0, 0.05) is 6.42 Å². The topological polar surface area (TPSA) is 76.0 Å². The van der Waals surface area contributed by atoms with E-state index in [1.54, 1.807) is 27.7 Å². The van der Waals surface area contributed by atoms with Crippen LogP contribution in [0.25, 0.3) is 0 Å². The molecule has 0 spiro atoms. The van der Waals surface area contributed by atoms with E-state index in [-0.39, 0.29) is 18.3 Å². The van der Waals surface area contributed by atoms with E-state index >= 15 is 0 Å². The maximum atomic E-state index is 11.4. The van der Waals surface area contributed by atoms with E-state index in [1.807, 2.05) is 0 Å². The summed E-state index contributed by atoms with van der Waals surface area (Å²) in [5.74, 6) is -0.635. The molecule has 0 aromatic rings. The number of ether oxygens (including phenoxy) is 2. The second-order valence-electron chi connectivity index (χ2n) is 4.99. The van der Waals surface area contributed by atoms with Crippen molar-refractivity contribution in [1.29, 1.82) is 0 Å². The molecule has 0 amide bonds. The van der Waals surface area contributed by atoms with Crippen LogP contribution in [0.15, 0.2) is 0 Å². The molecule has 1 rings (SSSR count). The maximum Gasteiger partial charge on any atom is 0.308 e. The van der Waals surface area contributed by atoms with Crippen LogP contribution in [-0.4, -0.2) is 40.3 Å². The molecule has 16 heavy (non-hydrogen) atoms. The van der Waals surface area contributed by atoms with Gasteiger partial charge in [0.2, 0.25) is 0 Å². The summed E-state index contributed by atoms with van der Waals surface area (Å²) in [5, 5.41) is 19.4. The van der Waals surface area contributed by atoms with Crippen molar-refractivity contribution < 1.29 is 24.5 Å². The van der Waals surface area contributed by atoms with Gasteiger partial charge in [0.05, 0.1) is 11.5 Å². The highest BCUT2D eigenvalue weighted by Crippen LogP contribution is 2.30. The first-order valence-electron chi connectivity index (χ1n) is 5.48. The molecular formula is C11H20O5. The Hall–Kier alpha value is -0.650. The zero-order valence-electron chi connectivity index (χ0n) is 10.1. The summed E-state index contributed by atoms with van der Waals surface area (Å²) in [7, 11) is 0. The first kappa shape index (κ1) is 13.4. The van der Waals surface area contributed by atoms with Crippen molar-refractivity contribution in [2.24, 2.45) is 5.92 Å². The summed E-state index contributed by atoms with van der Waals surface area (Å²) >= 11 is 0. The van der Waals surface area contributed by atoms with Gasteiger partial charge >= 0.3 is 5.97 Å². The normalized spacial score (nSPS) is 33.8. The Morgan fingerprint density at radius 3 is 2.50 bits per heavy atom. The van der Waals surface area contributed by atoms with E-state index < -0.39 is 24.1 Å². The fraction of sp³-hybridized carbons (Fsp3) is 0.909. The van der Waals surface area contributed by atoms with Gasteiger partial charge in [-0.2, -0.15) is 0 Å². The van der Waals surface area contributed by atoms with E-state index in [1.165, 1.54) is 0 Å². The van der Waals surface area contributed by atoms with Crippen LogP contribution in [-0.2, 0) is 14.3 Å². The Balaban J connectivity index is 2.68. The molecule has 2 N–H and O–H groups in total. The minimum Gasteiger partial charge on any atom is -0.459 e. The molecule has 1 heterocycles. The van der Waals surface area contributed by atoms with Crippen molar-refractivity contribution in [2.75, 3.05) is 0 Å². The minimum absolute atomic E-state index is 0.100. The Labute approximate surface area is 95.4 Å². The second-order valence-corrected chi connectivity index (χ2v) is 4.99. The summed E-state index contributed by atoms with van der Waals surface area (Å²) in [6.45, 7) is 6.73. The second kappa shape index (κ2) is 4.69. The van der Waals surface area contributed by atoms with Crippen LogP contribution >= 0.6 is 0 Å². The van der Waals surface area contributed by atoms with E-state index in [2.05, 4.69) is 0 Å². The lowest BCUT2D eigenvalue weighted by atomic mass is 9.91. The molecule has 5 heteroatoms. The molecule has 1 aliphatic heterocycles. The van der Waals surface area contributed by atoms with Crippen LogP contribution in [0, 0.1) is 5.92 Å². The van der Waals surface area contributed by atoms with Crippen LogP contribution in [0.5, 0.6) is 0 Å². The molecule has 1 aliphatic rings. The van der Waals surface area contributed by atoms with Gasteiger partial charge in [-0.1, -0.05) is 13.8 Å². The number of carbonyl (C=O) groups is 1. The van der Waals surface area contributed by atoms with Gasteiger partial charge in [0.1, 0.15) is 12.2 Å². The SMILES string of the molecule is CC(C)C(=O)O[C@@H]1C[C@H](O)OC(C)(C)[C@H]1O. The predicted molar refractivity (Wildman–Crippen MR) is 56.5 cm³/mol. The summed E-state index contributed by atoms with van der Waals surface area (Å²) in [6, 6.07) is 0. The van der Waals surface area contributed by atoms with E-state index in [9.17, 15) is 15.0 Å². The van der Waals surface area contributed by atoms with Crippen molar-refractivity contribution in [3.8, 4) is 0 Å². The number of hydrogen-bond acceptors (Lipinski definition) is 5. The maximum absolute atomic E-state index is 11.4. The molecule has 1 saturated heterocycles. The number of carbonyl (C=O) groups excluding carboxylic acids is 1. The number of aliphatic hydroxyl groups is 2. The van der Waals surface area contributed by atoms with Crippen LogP contribution in [0.2, 0.25) is 0 Å². The average Bonchev–Trinajstić information content (AvgIpc) is 2.12. The third-order valence-corrected chi connectivity index (χ3v) is 2.68. The highest BCUT2D eigenvalue weighted by molar-refractivity contribution is 5.71. The minimum atomic E-state index is -1.01. The summed E-state index contributed by atoms with van der Waals surface area (Å²) < 4.78 is 10.3. The summed E-state index contributed by atoms with van der Waals surface area (Å²) in [4.78, 5) is 11.4. The molecule has 5 nitrogen and oxygen atoms in total. The van der Waals surface area contributed by atoms with Crippen LogP contribution < -0.4 is 0 Å². The van der Waals surface area contributed by atoms with Gasteiger partial charge in [-0.15, -0.1) is 0 Å². The molecular weight excluding hydrogens is 212 g/mol. The number of hydrogen-bond donors (Lipinski definition) is 2. The quantitative estimate of drug-likeness (QED) is 0.675. The van der Waals surface area contributed by atoms with Crippen molar-refractivity contribution in [2.45, 2.75) is 58.2 Å². The molecule has 0 saturated carbocycles. The third-order valence-electron chi connectivity index (χ3n) is 2.68. The Morgan fingerprint density at radius 2 is 2.00 bits per heavy atom. The number of esters is 1. The molecule has 0 aliphatic carbocycles. The standard InChI is InChI=1S/C11H20O5/c1-6(2)10(14)15-7-5-8(12)16-11(3,4)9(7)13/h6-9,12-13H,5H2,1-4H3/t7-,8-,9+/m1/s1. The Morgan fingerprint density at radius 1 is 1.44 bits per heavy atom. The molecule has 0 radical (unpaired) electrons. The predicted octanol–water partition coefficient (Wildman–Crippen LogP) is 0.432. The molecule has 0 bridgehead atoms. The van der Waals surface area contributed by atoms with Crippen LogP contribution in [0.4, 0.5) is 0 Å². The smallest absolute Gasteiger partial charge is 0.308 e. The first-order chi connectivity index (χ1) is 7.24. The fourth-order valence-electron chi connectivity index (χ4n) is 1.64. The van der Waals surface area contributed by atoms with Crippen LogP contribution in [0.1, 0.15) is 34.1 Å². The van der Waals surface area contributed by atoms with Crippen LogP contribution in [0.3, 0.4) is 0 Å². The number of rotatable bonds is 2. The summed E-state index contributed by atoms with van der Waals surface area (Å²) in [5.41, 5.74) is -0.917. The van der Waals surface area contributed by atoms with Gasteiger partial charge in [-0.05, 0) is 13.8 Å². The zero-order valence-corrected chi connectivity index (χ0v) is 10.1. The van der Waals surface area contributed by atoms with Crippen molar-refractivity contribution in [3.63, 3.8) is 0 Å². The van der Waals surface area contributed by atoms with Crippen molar-refractivity contribution in [3.05, 3.63) is 0 Å². The van der Waals surface area contributed by atoms with Gasteiger partial charge < -0.3 is 19.7 Å². The largest absolute Gasteiger partial charge is 0.459 e. The van der Waals surface area contributed by atoms with Gasteiger partial charge in [-0.3, -0.25) is 4.79 Å². The molecule has 0 aromatic heterocycles. The summed E-state index contributed by atoms with van der Waals surface area (Å²) in [6.07, 6.45) is -2.56. The van der Waals surface area contributed by atoms with Gasteiger partial charge in [0.15, 0.2) is 6.29 Å². The highest BCUT2D eigenvalue weighted by Gasteiger charge is 2.44. The average molecular weight is 232 g/mol. The van der Waals surface area contributed by atoms with Gasteiger partial charge in [0.25, 0.3) is 0 Å². The number of aliphatic hydroxyl groups excluding tert-OH is 2. The van der Waals surface area contributed by atoms with E-state index in [4.69, 9.17) is 9.47 Å². The van der Waals surface area contributed by atoms with Gasteiger partial charge in [-0.25, -0.2) is 0 Å². The molecule has 0 aromatic carbocycles. The molecule has 94 valence electrons. The molecule has 0 unspecified atom stereocenters. The lowest BCUT2D eigenvalue weighted by Crippen LogP contribution is -2.55. The molecule has 3 atom stereocenters. The van der Waals surface area contributed by atoms with Crippen molar-refractivity contribution >= 4 is 5.97 Å². The Bertz CT molecular complexity index is 261. The first-order valence-corrected chi connectivity index (χ1v) is 5.48. The molecule has 1 fully saturated rings. The monoisotopic (exact) mass is 232 g/mol.